The fourth-order valence-electron chi connectivity index (χ4n) is 3.81. The first kappa shape index (κ1) is 18.8. The van der Waals surface area contributed by atoms with Gasteiger partial charge in [-0.05, 0) is 50.0 Å². The van der Waals surface area contributed by atoms with Crippen LogP contribution >= 0.6 is 11.3 Å². The predicted octanol–water partition coefficient (Wildman–Crippen LogP) is 2.58. The Kier molecular flexibility index (Phi) is 6.14. The van der Waals surface area contributed by atoms with Crippen LogP contribution in [0.25, 0.3) is 0 Å². The molecular weight excluding hydrogens is 360 g/mol. The maximum absolute atomic E-state index is 13.1. The zero-order chi connectivity index (χ0) is 17.9. The fraction of sp³-hybridized carbons (Fsp3) is 0.706. The van der Waals surface area contributed by atoms with E-state index in [1.807, 2.05) is 6.07 Å². The largest absolute Gasteiger partial charge is 0.481 e. The normalized spacial score (nSPS) is 24.4. The molecule has 0 aromatic carbocycles. The summed E-state index contributed by atoms with van der Waals surface area (Å²) in [5.41, 5.74) is 0. The molecule has 1 aromatic rings. The van der Waals surface area contributed by atoms with Crippen molar-refractivity contribution in [1.82, 2.24) is 8.61 Å². The standard InChI is InChI=1S/C17H26N2O4S2/c20-17(21)14-8-11-18(12-9-14)25(22,23)19-10-2-1-4-15(19)6-7-16-5-3-13-24-16/h3,5,13-15H,1-2,4,6-12H2,(H,20,21). The number of rotatable bonds is 6. The van der Waals surface area contributed by atoms with Gasteiger partial charge in [0.05, 0.1) is 5.92 Å². The fourth-order valence-corrected chi connectivity index (χ4v) is 6.45. The van der Waals surface area contributed by atoms with Crippen molar-refractivity contribution in [3.05, 3.63) is 22.4 Å². The molecule has 2 saturated heterocycles. The van der Waals surface area contributed by atoms with Crippen LogP contribution in [0.5, 0.6) is 0 Å². The molecule has 25 heavy (non-hydrogen) atoms. The van der Waals surface area contributed by atoms with Crippen LogP contribution in [0.4, 0.5) is 0 Å². The molecule has 3 heterocycles. The number of carboxylic acids is 1. The summed E-state index contributed by atoms with van der Waals surface area (Å²) >= 11 is 1.72. The van der Waals surface area contributed by atoms with Gasteiger partial charge in [0.1, 0.15) is 0 Å². The van der Waals surface area contributed by atoms with Gasteiger partial charge in [-0.15, -0.1) is 11.3 Å². The van der Waals surface area contributed by atoms with E-state index in [4.69, 9.17) is 5.11 Å². The third-order valence-electron chi connectivity index (χ3n) is 5.30. The first-order valence-corrected chi connectivity index (χ1v) is 11.3. The summed E-state index contributed by atoms with van der Waals surface area (Å²) in [6.07, 6.45) is 5.46. The molecule has 1 N–H and O–H groups in total. The summed E-state index contributed by atoms with van der Waals surface area (Å²) in [5, 5.41) is 11.2. The molecule has 0 bridgehead atoms. The maximum atomic E-state index is 13.1. The molecule has 0 radical (unpaired) electrons. The van der Waals surface area contributed by atoms with Crippen molar-refractivity contribution in [3.8, 4) is 0 Å². The summed E-state index contributed by atoms with van der Waals surface area (Å²) in [6.45, 7) is 1.21. The van der Waals surface area contributed by atoms with Crippen LogP contribution in [-0.2, 0) is 21.4 Å². The Morgan fingerprint density at radius 3 is 2.60 bits per heavy atom. The minimum atomic E-state index is -3.50. The smallest absolute Gasteiger partial charge is 0.306 e. The van der Waals surface area contributed by atoms with Gasteiger partial charge >= 0.3 is 5.97 Å². The zero-order valence-electron chi connectivity index (χ0n) is 14.3. The van der Waals surface area contributed by atoms with Crippen LogP contribution in [0.1, 0.15) is 43.4 Å². The highest BCUT2D eigenvalue weighted by molar-refractivity contribution is 7.86. The van der Waals surface area contributed by atoms with Crippen molar-refractivity contribution in [1.29, 1.82) is 0 Å². The maximum Gasteiger partial charge on any atom is 0.306 e. The van der Waals surface area contributed by atoms with E-state index in [1.54, 1.807) is 15.6 Å². The van der Waals surface area contributed by atoms with E-state index < -0.39 is 22.1 Å². The van der Waals surface area contributed by atoms with Crippen LogP contribution in [-0.4, -0.2) is 53.8 Å². The molecule has 0 spiro atoms. The summed E-state index contributed by atoms with van der Waals surface area (Å²) in [6, 6.07) is 4.18. The Hall–Kier alpha value is -0.960. The van der Waals surface area contributed by atoms with Crippen LogP contribution in [0.2, 0.25) is 0 Å². The van der Waals surface area contributed by atoms with E-state index in [0.717, 1.165) is 32.1 Å². The Labute approximate surface area is 153 Å². The van der Waals surface area contributed by atoms with Crippen molar-refractivity contribution in [2.24, 2.45) is 5.92 Å². The van der Waals surface area contributed by atoms with Crippen molar-refractivity contribution in [2.75, 3.05) is 19.6 Å². The lowest BCUT2D eigenvalue weighted by Crippen LogP contribution is -2.52. The van der Waals surface area contributed by atoms with Crippen molar-refractivity contribution >= 4 is 27.5 Å². The lowest BCUT2D eigenvalue weighted by atomic mass is 9.99. The molecule has 3 rings (SSSR count). The van der Waals surface area contributed by atoms with Gasteiger partial charge in [0.2, 0.25) is 0 Å². The highest BCUT2D eigenvalue weighted by Crippen LogP contribution is 2.29. The quantitative estimate of drug-likeness (QED) is 0.815. The average Bonchev–Trinajstić information content (AvgIpc) is 3.14. The monoisotopic (exact) mass is 386 g/mol. The molecule has 8 heteroatoms. The van der Waals surface area contributed by atoms with Gasteiger partial charge in [-0.25, -0.2) is 0 Å². The second-order valence-corrected chi connectivity index (χ2v) is 9.81. The molecule has 1 atom stereocenters. The molecule has 6 nitrogen and oxygen atoms in total. The minimum absolute atomic E-state index is 0.0537. The van der Waals surface area contributed by atoms with Gasteiger partial charge in [0.15, 0.2) is 0 Å². The Morgan fingerprint density at radius 1 is 1.20 bits per heavy atom. The molecule has 2 aliphatic heterocycles. The van der Waals surface area contributed by atoms with Gasteiger partial charge in [0.25, 0.3) is 10.2 Å². The third-order valence-corrected chi connectivity index (χ3v) is 8.33. The molecule has 0 amide bonds. The van der Waals surface area contributed by atoms with Gasteiger partial charge in [0, 0.05) is 30.6 Å². The molecule has 140 valence electrons. The van der Waals surface area contributed by atoms with E-state index in [1.165, 1.54) is 9.18 Å². The van der Waals surface area contributed by atoms with Crippen LogP contribution < -0.4 is 0 Å². The molecule has 1 aromatic heterocycles. The van der Waals surface area contributed by atoms with Crippen molar-refractivity contribution in [3.63, 3.8) is 0 Å². The number of aliphatic carboxylic acids is 1. The third kappa shape index (κ3) is 4.42. The van der Waals surface area contributed by atoms with E-state index in [9.17, 15) is 13.2 Å². The SMILES string of the molecule is O=C(O)C1CCN(S(=O)(=O)N2CCCCC2CCc2cccs2)CC1. The average molecular weight is 387 g/mol. The first-order chi connectivity index (χ1) is 12.0. The second kappa shape index (κ2) is 8.16. The lowest BCUT2D eigenvalue weighted by Gasteiger charge is -2.39. The van der Waals surface area contributed by atoms with Crippen molar-refractivity contribution in [2.45, 2.75) is 51.0 Å². The minimum Gasteiger partial charge on any atom is -0.481 e. The molecule has 2 aliphatic rings. The van der Waals surface area contributed by atoms with Crippen LogP contribution in [0, 0.1) is 5.92 Å². The van der Waals surface area contributed by atoms with E-state index in [2.05, 4.69) is 11.4 Å². The van der Waals surface area contributed by atoms with Gasteiger partial charge in [-0.2, -0.15) is 17.0 Å². The van der Waals surface area contributed by atoms with Gasteiger partial charge < -0.3 is 5.11 Å². The molecular formula is C17H26N2O4S2. The molecule has 2 fully saturated rings. The zero-order valence-corrected chi connectivity index (χ0v) is 16.0. The first-order valence-electron chi connectivity index (χ1n) is 9.00. The number of carboxylic acid groups (broad SMARTS) is 1. The molecule has 0 aliphatic carbocycles. The molecule has 0 saturated carbocycles. The summed E-state index contributed by atoms with van der Waals surface area (Å²) in [5.74, 6) is -1.23. The summed E-state index contributed by atoms with van der Waals surface area (Å²) < 4.78 is 29.4. The Morgan fingerprint density at radius 2 is 1.96 bits per heavy atom. The second-order valence-electron chi connectivity index (χ2n) is 6.90. The molecule has 1 unspecified atom stereocenters. The van der Waals surface area contributed by atoms with E-state index >= 15 is 0 Å². The summed E-state index contributed by atoms with van der Waals surface area (Å²) in [4.78, 5) is 12.4. The Balaban J connectivity index is 1.65. The van der Waals surface area contributed by atoms with Crippen molar-refractivity contribution < 1.29 is 18.3 Å². The van der Waals surface area contributed by atoms with E-state index in [-0.39, 0.29) is 6.04 Å². The number of nitrogens with zero attached hydrogens (tertiary/aromatic N) is 2. The topological polar surface area (TPSA) is 77.9 Å². The number of thiophene rings is 1. The van der Waals surface area contributed by atoms with Crippen LogP contribution in [0.3, 0.4) is 0 Å². The number of hydrogen-bond acceptors (Lipinski definition) is 4. The highest BCUT2D eigenvalue weighted by atomic mass is 32.2. The van der Waals surface area contributed by atoms with Gasteiger partial charge in [-0.3, -0.25) is 4.79 Å². The van der Waals surface area contributed by atoms with Gasteiger partial charge in [-0.1, -0.05) is 12.5 Å². The lowest BCUT2D eigenvalue weighted by molar-refractivity contribution is -0.142. The Bertz CT molecular complexity index is 667. The number of carbonyl (C=O) groups is 1. The highest BCUT2D eigenvalue weighted by Gasteiger charge is 2.38. The number of hydrogen-bond donors (Lipinski definition) is 1. The van der Waals surface area contributed by atoms with Crippen LogP contribution in [0.15, 0.2) is 17.5 Å². The predicted molar refractivity (Wildman–Crippen MR) is 97.8 cm³/mol. The summed E-state index contributed by atoms with van der Waals surface area (Å²) in [7, 11) is -3.50. The number of piperidine rings is 2. The number of aryl methyl sites for hydroxylation is 1. The van der Waals surface area contributed by atoms with E-state index in [0.29, 0.717) is 32.5 Å².